The summed E-state index contributed by atoms with van der Waals surface area (Å²) in [4.78, 5) is 12.6. The van der Waals surface area contributed by atoms with Crippen molar-refractivity contribution in [3.8, 4) is 5.69 Å². The average molecular weight is 320 g/mol. The van der Waals surface area contributed by atoms with Crippen LogP contribution in [-0.4, -0.2) is 24.7 Å². The first-order valence-electron chi connectivity index (χ1n) is 7.39. The number of anilines is 1. The van der Waals surface area contributed by atoms with Crippen LogP contribution < -0.4 is 5.32 Å². The number of hydrogen-bond acceptors (Lipinski definition) is 5. The molecule has 0 radical (unpaired) electrons. The summed E-state index contributed by atoms with van der Waals surface area (Å²) in [5.74, 6) is 0.353. The Kier molecular flexibility index (Phi) is 3.59. The highest BCUT2D eigenvalue weighted by Crippen LogP contribution is 2.22. The second kappa shape index (κ2) is 6.04. The number of hydrogen-bond donors (Lipinski definition) is 1. The maximum Gasteiger partial charge on any atom is 0.168 e. The fraction of sp³-hybridized carbons (Fsp3) is 0.0588. The molecule has 118 valence electrons. The molecule has 0 amide bonds. The van der Waals surface area contributed by atoms with Crippen molar-refractivity contribution < 1.29 is 4.39 Å². The molecule has 0 saturated carbocycles. The average Bonchev–Trinajstić information content (AvgIpc) is 3.05. The van der Waals surface area contributed by atoms with E-state index in [0.717, 1.165) is 10.9 Å². The van der Waals surface area contributed by atoms with Crippen molar-refractivity contribution in [1.29, 1.82) is 0 Å². The van der Waals surface area contributed by atoms with Crippen molar-refractivity contribution >= 4 is 16.9 Å². The van der Waals surface area contributed by atoms with Gasteiger partial charge in [-0.3, -0.25) is 4.98 Å². The first kappa shape index (κ1) is 14.3. The zero-order chi connectivity index (χ0) is 16.4. The topological polar surface area (TPSA) is 68.5 Å². The highest BCUT2D eigenvalue weighted by Gasteiger charge is 2.11. The van der Waals surface area contributed by atoms with Gasteiger partial charge in [0.2, 0.25) is 0 Å². The summed E-state index contributed by atoms with van der Waals surface area (Å²) in [6, 6.07) is 10.1. The minimum atomic E-state index is -0.319. The van der Waals surface area contributed by atoms with E-state index in [-0.39, 0.29) is 5.82 Å². The van der Waals surface area contributed by atoms with Crippen molar-refractivity contribution in [2.24, 2.45) is 0 Å². The predicted molar refractivity (Wildman–Crippen MR) is 88.2 cm³/mol. The van der Waals surface area contributed by atoms with Gasteiger partial charge in [0, 0.05) is 18.9 Å². The number of benzene rings is 1. The van der Waals surface area contributed by atoms with Gasteiger partial charge in [0.05, 0.1) is 17.3 Å². The van der Waals surface area contributed by atoms with Gasteiger partial charge in [0.15, 0.2) is 5.65 Å². The van der Waals surface area contributed by atoms with Crippen molar-refractivity contribution in [1.82, 2.24) is 24.7 Å². The molecule has 1 aromatic carbocycles. The predicted octanol–water partition coefficient (Wildman–Crippen LogP) is 2.96. The molecule has 0 fully saturated rings. The van der Waals surface area contributed by atoms with Crippen LogP contribution in [0, 0.1) is 5.82 Å². The van der Waals surface area contributed by atoms with E-state index in [9.17, 15) is 4.39 Å². The normalized spacial score (nSPS) is 10.9. The Morgan fingerprint density at radius 2 is 2.04 bits per heavy atom. The second-order valence-electron chi connectivity index (χ2n) is 5.21. The summed E-state index contributed by atoms with van der Waals surface area (Å²) in [5.41, 5.74) is 2.27. The van der Waals surface area contributed by atoms with Crippen LogP contribution in [0.5, 0.6) is 0 Å². The monoisotopic (exact) mass is 320 g/mol. The fourth-order valence-electron chi connectivity index (χ4n) is 2.47. The van der Waals surface area contributed by atoms with Gasteiger partial charge in [-0.25, -0.2) is 19.0 Å². The number of nitrogens with zero attached hydrogens (tertiary/aromatic N) is 5. The van der Waals surface area contributed by atoms with Crippen LogP contribution in [-0.2, 0) is 6.54 Å². The SMILES string of the molecule is Fc1cccc(-n2ncc3c(NCc4cccnc4)ncnc32)c1. The second-order valence-corrected chi connectivity index (χ2v) is 5.21. The summed E-state index contributed by atoms with van der Waals surface area (Å²) >= 11 is 0. The lowest BCUT2D eigenvalue weighted by molar-refractivity contribution is 0.625. The van der Waals surface area contributed by atoms with Crippen LogP contribution >= 0.6 is 0 Å². The maximum atomic E-state index is 13.5. The molecule has 24 heavy (non-hydrogen) atoms. The van der Waals surface area contributed by atoms with E-state index in [1.807, 2.05) is 12.1 Å². The van der Waals surface area contributed by atoms with Crippen molar-refractivity contribution in [3.05, 3.63) is 72.7 Å². The summed E-state index contributed by atoms with van der Waals surface area (Å²) in [6.45, 7) is 0.588. The van der Waals surface area contributed by atoms with E-state index in [2.05, 4.69) is 25.4 Å². The minimum absolute atomic E-state index is 0.319. The minimum Gasteiger partial charge on any atom is -0.365 e. The molecule has 0 aliphatic heterocycles. The number of pyridine rings is 1. The molecule has 0 spiro atoms. The van der Waals surface area contributed by atoms with Gasteiger partial charge < -0.3 is 5.32 Å². The van der Waals surface area contributed by atoms with Crippen LogP contribution in [0.25, 0.3) is 16.7 Å². The van der Waals surface area contributed by atoms with Crippen LogP contribution in [0.3, 0.4) is 0 Å². The third kappa shape index (κ3) is 2.67. The molecule has 6 nitrogen and oxygen atoms in total. The van der Waals surface area contributed by atoms with Crippen LogP contribution in [0.1, 0.15) is 5.56 Å². The van der Waals surface area contributed by atoms with Gasteiger partial charge in [-0.15, -0.1) is 0 Å². The Bertz CT molecular complexity index is 983. The maximum absolute atomic E-state index is 13.5. The highest BCUT2D eigenvalue weighted by molar-refractivity contribution is 5.87. The lowest BCUT2D eigenvalue weighted by Crippen LogP contribution is -2.03. The Hall–Kier alpha value is -3.35. The van der Waals surface area contributed by atoms with Gasteiger partial charge in [-0.2, -0.15) is 5.10 Å². The van der Waals surface area contributed by atoms with E-state index in [1.54, 1.807) is 35.4 Å². The third-order valence-corrected chi connectivity index (χ3v) is 3.60. The smallest absolute Gasteiger partial charge is 0.168 e. The summed E-state index contributed by atoms with van der Waals surface area (Å²) in [5, 5.41) is 8.35. The zero-order valence-electron chi connectivity index (χ0n) is 12.6. The third-order valence-electron chi connectivity index (χ3n) is 3.60. The van der Waals surface area contributed by atoms with Gasteiger partial charge in [-0.05, 0) is 29.8 Å². The van der Waals surface area contributed by atoms with Gasteiger partial charge in [-0.1, -0.05) is 12.1 Å². The van der Waals surface area contributed by atoms with Gasteiger partial charge in [0.25, 0.3) is 0 Å². The lowest BCUT2D eigenvalue weighted by Gasteiger charge is -2.07. The molecule has 0 unspecified atom stereocenters. The number of rotatable bonds is 4. The van der Waals surface area contributed by atoms with Crippen molar-refractivity contribution in [2.75, 3.05) is 5.32 Å². The van der Waals surface area contributed by atoms with Crippen molar-refractivity contribution in [2.45, 2.75) is 6.54 Å². The molecular weight excluding hydrogens is 307 g/mol. The number of aromatic nitrogens is 5. The summed E-state index contributed by atoms with van der Waals surface area (Å²) < 4.78 is 15.0. The Morgan fingerprint density at radius 3 is 2.88 bits per heavy atom. The Labute approximate surface area is 137 Å². The molecule has 4 aromatic rings. The molecule has 0 atom stereocenters. The first-order valence-corrected chi connectivity index (χ1v) is 7.39. The van der Waals surface area contributed by atoms with E-state index < -0.39 is 0 Å². The fourth-order valence-corrected chi connectivity index (χ4v) is 2.47. The molecular formula is C17H13FN6. The van der Waals surface area contributed by atoms with Gasteiger partial charge >= 0.3 is 0 Å². The zero-order valence-corrected chi connectivity index (χ0v) is 12.6. The number of halogens is 1. The van der Waals surface area contributed by atoms with Crippen LogP contribution in [0.15, 0.2) is 61.3 Å². The number of nitrogens with one attached hydrogen (secondary N) is 1. The highest BCUT2D eigenvalue weighted by atomic mass is 19.1. The molecule has 1 N–H and O–H groups in total. The standard InChI is InChI=1S/C17H13FN6/c18-13-4-1-5-14(7-13)24-17-15(10-23-24)16(21-11-22-17)20-9-12-3-2-6-19-8-12/h1-8,10-11H,9H2,(H,20,21,22). The molecule has 3 heterocycles. The molecule has 0 aliphatic rings. The van der Waals surface area contributed by atoms with E-state index in [1.165, 1.54) is 18.5 Å². The molecule has 3 aromatic heterocycles. The molecule has 0 saturated heterocycles. The Morgan fingerprint density at radius 1 is 1.08 bits per heavy atom. The molecule has 0 aliphatic carbocycles. The summed E-state index contributed by atoms with van der Waals surface area (Å²) in [7, 11) is 0. The molecule has 4 rings (SSSR count). The van der Waals surface area contributed by atoms with E-state index in [0.29, 0.717) is 23.7 Å². The molecule has 0 bridgehead atoms. The van der Waals surface area contributed by atoms with Crippen molar-refractivity contribution in [3.63, 3.8) is 0 Å². The first-order chi connectivity index (χ1) is 11.8. The largest absolute Gasteiger partial charge is 0.365 e. The number of fused-ring (bicyclic) bond motifs is 1. The quantitative estimate of drug-likeness (QED) is 0.626. The van der Waals surface area contributed by atoms with E-state index >= 15 is 0 Å². The lowest BCUT2D eigenvalue weighted by atomic mass is 10.3. The summed E-state index contributed by atoms with van der Waals surface area (Å²) in [6.07, 6.45) is 6.66. The van der Waals surface area contributed by atoms with Crippen LogP contribution in [0.4, 0.5) is 10.2 Å². The van der Waals surface area contributed by atoms with Gasteiger partial charge in [0.1, 0.15) is 18.0 Å². The molecule has 7 heteroatoms. The van der Waals surface area contributed by atoms with E-state index in [4.69, 9.17) is 0 Å². The Balaban J connectivity index is 1.69. The van der Waals surface area contributed by atoms with Crippen LogP contribution in [0.2, 0.25) is 0 Å².